The van der Waals surface area contributed by atoms with E-state index < -0.39 is 0 Å². The maximum atomic E-state index is 4.54. The molecule has 0 atom stereocenters. The van der Waals surface area contributed by atoms with Gasteiger partial charge in [-0.1, -0.05) is 0 Å². The van der Waals surface area contributed by atoms with Gasteiger partial charge in [0.15, 0.2) is 4.96 Å². The van der Waals surface area contributed by atoms with Crippen LogP contribution < -0.4 is 0 Å². The lowest BCUT2D eigenvalue weighted by atomic mass is 10.2. The molecule has 4 heteroatoms. The molecule has 0 spiro atoms. The predicted molar refractivity (Wildman–Crippen MR) is 61.1 cm³/mol. The average molecular weight is 220 g/mol. The minimum absolute atomic E-state index is 1.06. The van der Waals surface area contributed by atoms with Gasteiger partial charge in [0, 0.05) is 33.6 Å². The van der Waals surface area contributed by atoms with Crippen LogP contribution in [0.4, 0.5) is 0 Å². The molecule has 0 N–H and O–H groups in total. The second-order valence-electron chi connectivity index (χ2n) is 3.17. The number of hydrogen-bond donors (Lipinski definition) is 0. The molecule has 3 aromatic heterocycles. The van der Waals surface area contributed by atoms with Crippen molar-refractivity contribution in [1.29, 1.82) is 0 Å². The molecule has 0 bridgehead atoms. The Morgan fingerprint density at radius 3 is 3.00 bits per heavy atom. The van der Waals surface area contributed by atoms with E-state index in [1.54, 1.807) is 22.7 Å². The molecule has 0 fully saturated rings. The maximum Gasteiger partial charge on any atom is 0.194 e. The fraction of sp³-hybridized carbons (Fsp3) is 0.100. The van der Waals surface area contributed by atoms with Crippen LogP contribution in [0.25, 0.3) is 16.2 Å². The van der Waals surface area contributed by atoms with E-state index in [1.807, 2.05) is 11.6 Å². The van der Waals surface area contributed by atoms with Gasteiger partial charge in [0.05, 0.1) is 5.69 Å². The van der Waals surface area contributed by atoms with Gasteiger partial charge in [0.2, 0.25) is 0 Å². The Balaban J connectivity index is 2.18. The molecule has 2 nitrogen and oxygen atoms in total. The van der Waals surface area contributed by atoms with E-state index in [9.17, 15) is 0 Å². The van der Waals surface area contributed by atoms with Crippen LogP contribution in [0.3, 0.4) is 0 Å². The van der Waals surface area contributed by atoms with Gasteiger partial charge in [-0.15, -0.1) is 22.7 Å². The van der Waals surface area contributed by atoms with Crippen molar-refractivity contribution in [3.05, 3.63) is 34.1 Å². The molecule has 3 rings (SSSR count). The summed E-state index contributed by atoms with van der Waals surface area (Å²) in [6, 6.07) is 2.18. The summed E-state index contributed by atoms with van der Waals surface area (Å²) in [7, 11) is 0. The zero-order chi connectivity index (χ0) is 9.54. The van der Waals surface area contributed by atoms with Crippen molar-refractivity contribution in [1.82, 2.24) is 9.38 Å². The summed E-state index contributed by atoms with van der Waals surface area (Å²) in [5, 5.41) is 4.20. The SMILES string of the molecule is Cc1cc(-c2cn3ccsc3n2)cs1. The zero-order valence-electron chi connectivity index (χ0n) is 7.60. The fourth-order valence-electron chi connectivity index (χ4n) is 1.44. The Morgan fingerprint density at radius 2 is 2.29 bits per heavy atom. The van der Waals surface area contributed by atoms with E-state index in [0.717, 1.165) is 10.7 Å². The number of aryl methyl sites for hydroxylation is 1. The third-order valence-electron chi connectivity index (χ3n) is 2.12. The molecule has 0 radical (unpaired) electrons. The summed E-state index contributed by atoms with van der Waals surface area (Å²) < 4.78 is 2.06. The lowest BCUT2D eigenvalue weighted by molar-refractivity contribution is 1.23. The van der Waals surface area contributed by atoms with E-state index in [4.69, 9.17) is 0 Å². The fourth-order valence-corrected chi connectivity index (χ4v) is 2.84. The van der Waals surface area contributed by atoms with Crippen LogP contribution in [0.1, 0.15) is 4.88 Å². The molecule has 0 unspecified atom stereocenters. The number of thiazole rings is 1. The first-order chi connectivity index (χ1) is 6.83. The summed E-state index contributed by atoms with van der Waals surface area (Å²) in [6.45, 7) is 2.12. The van der Waals surface area contributed by atoms with Crippen LogP contribution in [-0.2, 0) is 0 Å². The van der Waals surface area contributed by atoms with Crippen molar-refractivity contribution >= 4 is 27.6 Å². The average Bonchev–Trinajstić information content (AvgIpc) is 2.75. The smallest absolute Gasteiger partial charge is 0.194 e. The van der Waals surface area contributed by atoms with Crippen molar-refractivity contribution in [2.45, 2.75) is 6.92 Å². The first-order valence-electron chi connectivity index (χ1n) is 4.30. The highest BCUT2D eigenvalue weighted by Gasteiger charge is 2.05. The number of thiophene rings is 1. The van der Waals surface area contributed by atoms with Gasteiger partial charge in [-0.25, -0.2) is 4.98 Å². The summed E-state index contributed by atoms with van der Waals surface area (Å²) in [4.78, 5) is 6.93. The molecule has 0 amide bonds. The van der Waals surface area contributed by atoms with Crippen LogP contribution in [0.15, 0.2) is 29.2 Å². The van der Waals surface area contributed by atoms with Crippen LogP contribution in [0.2, 0.25) is 0 Å². The van der Waals surface area contributed by atoms with E-state index in [0.29, 0.717) is 0 Å². The minimum Gasteiger partial charge on any atom is -0.297 e. The molecule has 3 aromatic rings. The Morgan fingerprint density at radius 1 is 1.36 bits per heavy atom. The highest BCUT2D eigenvalue weighted by Crippen LogP contribution is 2.25. The molecule has 70 valence electrons. The van der Waals surface area contributed by atoms with Crippen molar-refractivity contribution in [2.24, 2.45) is 0 Å². The van der Waals surface area contributed by atoms with E-state index in [1.165, 1.54) is 10.4 Å². The second kappa shape index (κ2) is 2.93. The Bertz CT molecular complexity index is 545. The third kappa shape index (κ3) is 1.19. The van der Waals surface area contributed by atoms with Gasteiger partial charge < -0.3 is 0 Å². The quantitative estimate of drug-likeness (QED) is 0.614. The molecular formula is C10H8N2S2. The first kappa shape index (κ1) is 8.20. The summed E-state index contributed by atoms with van der Waals surface area (Å²) in [5.41, 5.74) is 2.30. The molecule has 0 saturated carbocycles. The lowest BCUT2D eigenvalue weighted by Gasteiger charge is -1.85. The molecule has 3 heterocycles. The third-order valence-corrected chi connectivity index (χ3v) is 3.75. The molecule has 0 aliphatic rings. The minimum atomic E-state index is 1.06. The highest BCUT2D eigenvalue weighted by atomic mass is 32.1. The summed E-state index contributed by atoms with van der Waals surface area (Å²) >= 11 is 3.43. The first-order valence-corrected chi connectivity index (χ1v) is 6.06. The zero-order valence-corrected chi connectivity index (χ0v) is 9.23. The topological polar surface area (TPSA) is 17.3 Å². The number of aromatic nitrogens is 2. The number of imidazole rings is 1. The van der Waals surface area contributed by atoms with Crippen LogP contribution in [0.5, 0.6) is 0 Å². The number of rotatable bonds is 1. The Kier molecular flexibility index (Phi) is 1.72. The second-order valence-corrected chi connectivity index (χ2v) is 5.15. The normalized spacial score (nSPS) is 11.2. The summed E-state index contributed by atoms with van der Waals surface area (Å²) in [5.74, 6) is 0. The van der Waals surface area contributed by atoms with Gasteiger partial charge in [0.25, 0.3) is 0 Å². The Labute approximate surface area is 89.5 Å². The van der Waals surface area contributed by atoms with Gasteiger partial charge in [-0.3, -0.25) is 4.40 Å². The van der Waals surface area contributed by atoms with Crippen molar-refractivity contribution in [3.8, 4) is 11.3 Å². The standard InChI is InChI=1S/C10H8N2S2/c1-7-4-8(6-14-7)9-5-12-2-3-13-10(12)11-9/h2-6H,1H3. The molecular weight excluding hydrogens is 212 g/mol. The van der Waals surface area contributed by atoms with Crippen molar-refractivity contribution < 1.29 is 0 Å². The van der Waals surface area contributed by atoms with Crippen LogP contribution >= 0.6 is 22.7 Å². The van der Waals surface area contributed by atoms with Gasteiger partial charge in [0.1, 0.15) is 0 Å². The monoisotopic (exact) mass is 220 g/mol. The van der Waals surface area contributed by atoms with Gasteiger partial charge in [-0.2, -0.15) is 0 Å². The van der Waals surface area contributed by atoms with Gasteiger partial charge >= 0.3 is 0 Å². The highest BCUT2D eigenvalue weighted by molar-refractivity contribution is 7.15. The van der Waals surface area contributed by atoms with Crippen LogP contribution in [-0.4, -0.2) is 9.38 Å². The maximum absolute atomic E-state index is 4.54. The number of hydrogen-bond acceptors (Lipinski definition) is 3. The Hall–Kier alpha value is -1.13. The molecule has 0 aromatic carbocycles. The van der Waals surface area contributed by atoms with Gasteiger partial charge in [-0.05, 0) is 13.0 Å². The van der Waals surface area contributed by atoms with Crippen LogP contribution in [0, 0.1) is 6.92 Å². The largest absolute Gasteiger partial charge is 0.297 e. The summed E-state index contributed by atoms with van der Waals surface area (Å²) in [6.07, 6.45) is 4.11. The van der Waals surface area contributed by atoms with Crippen molar-refractivity contribution in [2.75, 3.05) is 0 Å². The lowest BCUT2D eigenvalue weighted by Crippen LogP contribution is -1.70. The molecule has 14 heavy (non-hydrogen) atoms. The van der Waals surface area contributed by atoms with E-state index >= 15 is 0 Å². The number of fused-ring (bicyclic) bond motifs is 1. The molecule has 0 aliphatic carbocycles. The van der Waals surface area contributed by atoms with E-state index in [-0.39, 0.29) is 0 Å². The number of nitrogens with zero attached hydrogens (tertiary/aromatic N) is 2. The molecule has 0 aliphatic heterocycles. The van der Waals surface area contributed by atoms with E-state index in [2.05, 4.69) is 34.0 Å². The molecule has 0 saturated heterocycles. The predicted octanol–water partition coefficient (Wildman–Crippen LogP) is 3.43. The van der Waals surface area contributed by atoms with Crippen molar-refractivity contribution in [3.63, 3.8) is 0 Å².